The molecular weight excluding hydrogens is 364 g/mol. The molecule has 1 atom stereocenters. The molecule has 4 nitrogen and oxygen atoms in total. The first-order valence-corrected chi connectivity index (χ1v) is 11.0. The Morgan fingerprint density at radius 1 is 1.00 bits per heavy atom. The van der Waals surface area contributed by atoms with Crippen LogP contribution in [0.1, 0.15) is 5.56 Å². The summed E-state index contributed by atoms with van der Waals surface area (Å²) in [5, 5.41) is 6.89. The lowest BCUT2D eigenvalue weighted by molar-refractivity contribution is 0.503. The highest BCUT2D eigenvalue weighted by molar-refractivity contribution is 7.99. The van der Waals surface area contributed by atoms with Gasteiger partial charge in [-0.25, -0.2) is 0 Å². The van der Waals surface area contributed by atoms with E-state index in [0.717, 1.165) is 22.6 Å². The van der Waals surface area contributed by atoms with E-state index in [9.17, 15) is 8.76 Å². The van der Waals surface area contributed by atoms with E-state index >= 15 is 0 Å². The van der Waals surface area contributed by atoms with Crippen LogP contribution >= 0.6 is 11.8 Å². The fraction of sp³-hybridized carbons (Fsp3) is 0.100. The molecule has 3 aromatic rings. The van der Waals surface area contributed by atoms with Gasteiger partial charge in [0.05, 0.1) is 11.4 Å². The van der Waals surface area contributed by atoms with E-state index in [1.807, 2.05) is 24.3 Å². The van der Waals surface area contributed by atoms with E-state index < -0.39 is 10.2 Å². The van der Waals surface area contributed by atoms with Gasteiger partial charge in [-0.2, -0.15) is 4.55 Å². The van der Waals surface area contributed by atoms with Gasteiger partial charge in [-0.15, -0.1) is 0 Å². The van der Waals surface area contributed by atoms with Crippen molar-refractivity contribution in [3.63, 3.8) is 0 Å². The van der Waals surface area contributed by atoms with E-state index in [1.54, 1.807) is 23.9 Å². The van der Waals surface area contributed by atoms with Crippen molar-refractivity contribution in [3.8, 4) is 0 Å². The van der Waals surface area contributed by atoms with Crippen LogP contribution in [0.4, 0.5) is 17.1 Å². The summed E-state index contributed by atoms with van der Waals surface area (Å²) < 4.78 is 21.2. The molecule has 0 saturated heterocycles. The first-order chi connectivity index (χ1) is 12.5. The van der Waals surface area contributed by atoms with Crippen molar-refractivity contribution in [2.75, 3.05) is 16.9 Å². The topological polar surface area (TPSA) is 61.4 Å². The monoisotopic (exact) mass is 383 g/mol. The molecule has 0 fully saturated rings. The van der Waals surface area contributed by atoms with Gasteiger partial charge in [0.25, 0.3) is 0 Å². The molecule has 26 heavy (non-hydrogen) atoms. The van der Waals surface area contributed by atoms with Crippen molar-refractivity contribution in [1.29, 1.82) is 0 Å². The number of hydrogen-bond acceptors (Lipinski definition) is 4. The second kappa shape index (κ2) is 6.79. The van der Waals surface area contributed by atoms with Gasteiger partial charge in [0.15, 0.2) is 4.90 Å². The molecule has 4 rings (SSSR count). The molecule has 3 aromatic carbocycles. The molecule has 1 heterocycles. The van der Waals surface area contributed by atoms with Gasteiger partial charge in [-0.3, -0.25) is 0 Å². The molecule has 6 heteroatoms. The Bertz CT molecular complexity index is 997. The minimum absolute atomic E-state index is 0.454. The summed E-state index contributed by atoms with van der Waals surface area (Å²) in [4.78, 5) is 2.89. The standard InChI is InChI=1S/C20H18N2O2S2/c1-26(23,24)16-9-6-14(7-10-16)13-21-15-8-11-20-18(12-15)22-17-4-2-3-5-19(17)25-20/h2-12,21-22H,13H2,1H3/p+1. The summed E-state index contributed by atoms with van der Waals surface area (Å²) in [6, 6.07) is 21.8. The summed E-state index contributed by atoms with van der Waals surface area (Å²) in [6.07, 6.45) is 1.33. The average Bonchev–Trinajstić information content (AvgIpc) is 2.64. The fourth-order valence-electron chi connectivity index (χ4n) is 2.81. The zero-order chi connectivity index (χ0) is 18.1. The number of para-hydroxylation sites is 1. The van der Waals surface area contributed by atoms with E-state index in [0.29, 0.717) is 11.4 Å². The Kier molecular flexibility index (Phi) is 4.48. The van der Waals surface area contributed by atoms with Crippen LogP contribution in [0.5, 0.6) is 0 Å². The third-order valence-corrected chi connectivity index (χ3v) is 6.51. The van der Waals surface area contributed by atoms with Crippen LogP contribution in [0.3, 0.4) is 0 Å². The quantitative estimate of drug-likeness (QED) is 0.408. The first-order valence-electron chi connectivity index (χ1n) is 8.21. The van der Waals surface area contributed by atoms with E-state index in [1.165, 1.54) is 16.0 Å². The third-order valence-electron chi connectivity index (χ3n) is 4.21. The molecule has 0 radical (unpaired) electrons. The van der Waals surface area contributed by atoms with E-state index in [2.05, 4.69) is 41.0 Å². The van der Waals surface area contributed by atoms with Crippen molar-refractivity contribution in [1.82, 2.24) is 0 Å². The fourth-order valence-corrected chi connectivity index (χ4v) is 4.42. The number of hydrogen-bond donors (Lipinski definition) is 3. The van der Waals surface area contributed by atoms with Crippen LogP contribution in [0.25, 0.3) is 0 Å². The highest BCUT2D eigenvalue weighted by Gasteiger charge is 2.20. The van der Waals surface area contributed by atoms with Gasteiger partial charge in [0.1, 0.15) is 6.26 Å². The SMILES string of the molecule is C[S+](=O)(O)c1ccc(CNc2ccc3c(c2)Nc2ccccc2S3)cc1. The lowest BCUT2D eigenvalue weighted by Crippen LogP contribution is -2.06. The van der Waals surface area contributed by atoms with Gasteiger partial charge < -0.3 is 10.6 Å². The molecule has 0 saturated carbocycles. The Morgan fingerprint density at radius 2 is 1.73 bits per heavy atom. The highest BCUT2D eigenvalue weighted by atomic mass is 32.3. The summed E-state index contributed by atoms with van der Waals surface area (Å²) in [5.41, 5.74) is 4.31. The summed E-state index contributed by atoms with van der Waals surface area (Å²) in [6.45, 7) is 0.652. The Labute approximate surface area is 158 Å². The minimum atomic E-state index is -2.90. The number of rotatable bonds is 4. The van der Waals surface area contributed by atoms with Gasteiger partial charge in [0, 0.05) is 22.0 Å². The van der Waals surface area contributed by atoms with Crippen molar-refractivity contribution in [2.24, 2.45) is 0 Å². The van der Waals surface area contributed by atoms with Crippen LogP contribution in [0, 0.1) is 0 Å². The number of nitrogens with one attached hydrogen (secondary N) is 2. The largest absolute Gasteiger partial charge is 0.381 e. The normalized spacial score (nSPS) is 14.5. The maximum absolute atomic E-state index is 11.6. The number of anilines is 3. The molecule has 0 aromatic heterocycles. The molecule has 0 bridgehead atoms. The Hall–Kier alpha value is -2.28. The second-order valence-corrected chi connectivity index (χ2v) is 9.39. The average molecular weight is 384 g/mol. The molecule has 1 aliphatic rings. The molecule has 132 valence electrons. The van der Waals surface area contributed by atoms with Crippen molar-refractivity contribution < 1.29 is 8.76 Å². The highest BCUT2D eigenvalue weighted by Crippen LogP contribution is 2.44. The van der Waals surface area contributed by atoms with E-state index in [-0.39, 0.29) is 0 Å². The van der Waals surface area contributed by atoms with Crippen molar-refractivity contribution in [3.05, 3.63) is 72.3 Å². The zero-order valence-electron chi connectivity index (χ0n) is 14.2. The predicted molar refractivity (Wildman–Crippen MR) is 109 cm³/mol. The van der Waals surface area contributed by atoms with Crippen molar-refractivity contribution >= 4 is 39.0 Å². The molecule has 0 amide bonds. The minimum Gasteiger partial charge on any atom is -0.381 e. The smallest absolute Gasteiger partial charge is 0.244 e. The van der Waals surface area contributed by atoms with Crippen molar-refractivity contribution in [2.45, 2.75) is 21.2 Å². The van der Waals surface area contributed by atoms with Crippen LogP contribution in [0.2, 0.25) is 0 Å². The maximum Gasteiger partial charge on any atom is 0.244 e. The molecule has 3 N–H and O–H groups in total. The second-order valence-electron chi connectivity index (χ2n) is 6.23. The lowest BCUT2D eigenvalue weighted by atomic mass is 10.2. The number of fused-ring (bicyclic) bond motifs is 2. The van der Waals surface area contributed by atoms with Crippen LogP contribution in [0.15, 0.2) is 81.4 Å². The molecule has 1 unspecified atom stereocenters. The van der Waals surface area contributed by atoms with Crippen LogP contribution < -0.4 is 10.6 Å². The summed E-state index contributed by atoms with van der Waals surface area (Å²) >= 11 is 1.77. The van der Waals surface area contributed by atoms with Gasteiger partial charge in [-0.05, 0) is 48.0 Å². The third kappa shape index (κ3) is 3.62. The van der Waals surface area contributed by atoms with E-state index in [4.69, 9.17) is 0 Å². The maximum atomic E-state index is 11.6. The lowest BCUT2D eigenvalue weighted by Gasteiger charge is -2.21. The van der Waals surface area contributed by atoms with Gasteiger partial charge >= 0.3 is 0 Å². The predicted octanol–water partition coefficient (Wildman–Crippen LogP) is 5.47. The summed E-state index contributed by atoms with van der Waals surface area (Å²) in [5.74, 6) is 0. The molecule has 0 aliphatic carbocycles. The van der Waals surface area contributed by atoms with Crippen LogP contribution in [-0.2, 0) is 21.0 Å². The molecule has 1 aliphatic heterocycles. The number of benzene rings is 3. The van der Waals surface area contributed by atoms with Gasteiger partial charge in [0.2, 0.25) is 10.2 Å². The Morgan fingerprint density at radius 3 is 2.50 bits per heavy atom. The molecular formula is C20H19N2O2S2+. The molecule has 0 spiro atoms. The first kappa shape index (κ1) is 17.1. The van der Waals surface area contributed by atoms with Crippen LogP contribution in [-0.4, -0.2) is 10.8 Å². The summed E-state index contributed by atoms with van der Waals surface area (Å²) in [7, 11) is -2.90. The zero-order valence-corrected chi connectivity index (χ0v) is 15.9. The van der Waals surface area contributed by atoms with Gasteiger partial charge in [-0.1, -0.05) is 40.2 Å². The Balaban J connectivity index is 1.46.